The summed E-state index contributed by atoms with van der Waals surface area (Å²) in [6.07, 6.45) is 4.24. The van der Waals surface area contributed by atoms with Crippen LogP contribution in [0.5, 0.6) is 0 Å². The summed E-state index contributed by atoms with van der Waals surface area (Å²) in [5.74, 6) is -0.347. The highest BCUT2D eigenvalue weighted by molar-refractivity contribution is 5.86. The van der Waals surface area contributed by atoms with Gasteiger partial charge in [0.2, 0.25) is 0 Å². The number of hydrogen-bond donors (Lipinski definition) is 0. The molecule has 2 nitrogen and oxygen atoms in total. The third-order valence-corrected chi connectivity index (χ3v) is 2.60. The smallest absolute Gasteiger partial charge is 0.332 e. The molecule has 0 fully saturated rings. The Bertz CT molecular complexity index is 542. The Morgan fingerprint density at radius 2 is 1.29 bits per heavy atom. The molecule has 0 saturated carbocycles. The molecule has 0 bridgehead atoms. The molecular weight excluding hydrogens is 260 g/mol. The maximum Gasteiger partial charge on any atom is 0.332 e. The lowest BCUT2D eigenvalue weighted by atomic mass is 10.1. The third kappa shape index (κ3) is 6.92. The molecular formula is C19H20O2. The molecule has 0 spiro atoms. The minimum absolute atomic E-state index is 0.347. The molecule has 108 valence electrons. The predicted octanol–water partition coefficient (Wildman–Crippen LogP) is 4.59. The topological polar surface area (TPSA) is 26.3 Å². The highest BCUT2D eigenvalue weighted by Crippen LogP contribution is 2.06. The molecule has 2 heteroatoms. The Balaban J connectivity index is 0.000000270. The van der Waals surface area contributed by atoms with E-state index < -0.39 is 0 Å². The van der Waals surface area contributed by atoms with Crippen LogP contribution in [0, 0.1) is 0 Å². The molecule has 0 heterocycles. The van der Waals surface area contributed by atoms with Crippen LogP contribution in [0.1, 0.15) is 18.1 Å². The number of carbonyl (C=O) groups is 1. The van der Waals surface area contributed by atoms with E-state index in [1.54, 1.807) is 6.92 Å². The summed E-state index contributed by atoms with van der Waals surface area (Å²) >= 11 is 0. The summed E-state index contributed by atoms with van der Waals surface area (Å²) < 4.78 is 4.27. The molecule has 0 radical (unpaired) electrons. The van der Waals surface area contributed by atoms with Crippen LogP contribution < -0.4 is 0 Å². The fraction of sp³-hybridized carbons (Fsp3) is 0.105. The maximum absolute atomic E-state index is 10.2. The Kier molecular flexibility index (Phi) is 7.30. The summed E-state index contributed by atoms with van der Waals surface area (Å²) in [7, 11) is 1.33. The van der Waals surface area contributed by atoms with Crippen LogP contribution in [0.15, 0.2) is 72.8 Å². The number of ether oxygens (including phenoxy) is 1. The number of benzene rings is 2. The first-order valence-corrected chi connectivity index (χ1v) is 6.65. The van der Waals surface area contributed by atoms with Gasteiger partial charge in [-0.1, -0.05) is 79.4 Å². The van der Waals surface area contributed by atoms with Crippen LogP contribution in [0.3, 0.4) is 0 Å². The van der Waals surface area contributed by atoms with Crippen molar-refractivity contribution in [3.05, 3.63) is 83.9 Å². The van der Waals surface area contributed by atoms with Crippen molar-refractivity contribution in [3.8, 4) is 0 Å². The maximum atomic E-state index is 10.2. The van der Waals surface area contributed by atoms with E-state index in [0.717, 1.165) is 0 Å². The normalized spacial score (nSPS) is 9.62. The van der Waals surface area contributed by atoms with Gasteiger partial charge in [0, 0.05) is 5.57 Å². The zero-order valence-corrected chi connectivity index (χ0v) is 12.5. The summed E-state index contributed by atoms with van der Waals surface area (Å²) in [4.78, 5) is 10.2. The first kappa shape index (κ1) is 16.4. The molecule has 21 heavy (non-hydrogen) atoms. The molecule has 2 aromatic carbocycles. The highest BCUT2D eigenvalue weighted by atomic mass is 16.5. The van der Waals surface area contributed by atoms with Gasteiger partial charge in [0.25, 0.3) is 0 Å². The van der Waals surface area contributed by atoms with Crippen LogP contribution in [0.4, 0.5) is 0 Å². The summed E-state index contributed by atoms with van der Waals surface area (Å²) in [5, 5.41) is 0. The summed E-state index contributed by atoms with van der Waals surface area (Å²) in [6, 6.07) is 20.6. The quantitative estimate of drug-likeness (QED) is 0.467. The molecule has 0 aliphatic heterocycles. The molecule has 2 aromatic rings. The summed E-state index contributed by atoms with van der Waals surface area (Å²) in [6.45, 7) is 4.95. The van der Waals surface area contributed by atoms with Crippen LogP contribution in [-0.4, -0.2) is 13.1 Å². The van der Waals surface area contributed by atoms with E-state index in [4.69, 9.17) is 0 Å². The van der Waals surface area contributed by atoms with Gasteiger partial charge in [-0.05, 0) is 18.1 Å². The molecule has 0 aromatic heterocycles. The van der Waals surface area contributed by atoms with Crippen molar-refractivity contribution in [1.29, 1.82) is 0 Å². The van der Waals surface area contributed by atoms with Crippen molar-refractivity contribution >= 4 is 18.1 Å². The first-order chi connectivity index (χ1) is 10.1. The van der Waals surface area contributed by atoms with Crippen molar-refractivity contribution in [3.63, 3.8) is 0 Å². The van der Waals surface area contributed by atoms with Crippen molar-refractivity contribution in [2.24, 2.45) is 0 Å². The number of carbonyl (C=O) groups excluding carboxylic acids is 1. The van der Waals surface area contributed by atoms with E-state index in [1.807, 2.05) is 36.4 Å². The minimum Gasteiger partial charge on any atom is -0.466 e. The summed E-state index contributed by atoms with van der Waals surface area (Å²) in [5.41, 5.74) is 2.90. The van der Waals surface area contributed by atoms with Crippen molar-refractivity contribution in [1.82, 2.24) is 0 Å². The lowest BCUT2D eigenvalue weighted by Gasteiger charge is -1.92. The van der Waals surface area contributed by atoms with Gasteiger partial charge in [-0.2, -0.15) is 0 Å². The van der Waals surface area contributed by atoms with E-state index in [9.17, 15) is 4.79 Å². The molecule has 0 atom stereocenters. The van der Waals surface area contributed by atoms with Gasteiger partial charge in [0.15, 0.2) is 0 Å². The SMILES string of the molecule is C(=Cc1ccccc1)c1ccccc1.C=C(C)C(=O)OC. The molecule has 2 rings (SSSR count). The average Bonchev–Trinajstić information content (AvgIpc) is 2.54. The van der Waals surface area contributed by atoms with Gasteiger partial charge in [0.1, 0.15) is 0 Å². The van der Waals surface area contributed by atoms with Gasteiger partial charge in [-0.3, -0.25) is 0 Å². The van der Waals surface area contributed by atoms with E-state index in [2.05, 4.69) is 47.7 Å². The first-order valence-electron chi connectivity index (χ1n) is 6.65. The number of methoxy groups -OCH3 is 1. The second-order valence-electron chi connectivity index (χ2n) is 4.43. The van der Waals surface area contributed by atoms with Gasteiger partial charge in [0.05, 0.1) is 7.11 Å². The Morgan fingerprint density at radius 3 is 1.52 bits per heavy atom. The average molecular weight is 280 g/mol. The lowest BCUT2D eigenvalue weighted by molar-refractivity contribution is -0.136. The largest absolute Gasteiger partial charge is 0.466 e. The molecule has 0 aliphatic carbocycles. The fourth-order valence-corrected chi connectivity index (χ4v) is 1.49. The van der Waals surface area contributed by atoms with E-state index >= 15 is 0 Å². The lowest BCUT2D eigenvalue weighted by Crippen LogP contribution is -1.98. The Morgan fingerprint density at radius 1 is 0.905 bits per heavy atom. The zero-order chi connectivity index (χ0) is 15.5. The highest BCUT2D eigenvalue weighted by Gasteiger charge is 1.95. The molecule has 0 amide bonds. The van der Waals surface area contributed by atoms with Gasteiger partial charge in [-0.15, -0.1) is 0 Å². The van der Waals surface area contributed by atoms with Crippen molar-refractivity contribution in [2.75, 3.05) is 7.11 Å². The predicted molar refractivity (Wildman–Crippen MR) is 88.6 cm³/mol. The van der Waals surface area contributed by atoms with E-state index in [-0.39, 0.29) is 5.97 Å². The molecule has 0 N–H and O–H groups in total. The van der Waals surface area contributed by atoms with Crippen LogP contribution >= 0.6 is 0 Å². The zero-order valence-electron chi connectivity index (χ0n) is 12.5. The second kappa shape index (κ2) is 9.32. The van der Waals surface area contributed by atoms with Crippen molar-refractivity contribution < 1.29 is 9.53 Å². The number of hydrogen-bond acceptors (Lipinski definition) is 2. The van der Waals surface area contributed by atoms with Gasteiger partial charge < -0.3 is 4.74 Å². The number of rotatable bonds is 3. The van der Waals surface area contributed by atoms with Crippen LogP contribution in [0.25, 0.3) is 12.2 Å². The van der Waals surface area contributed by atoms with E-state index in [0.29, 0.717) is 5.57 Å². The van der Waals surface area contributed by atoms with Crippen LogP contribution in [0.2, 0.25) is 0 Å². The van der Waals surface area contributed by atoms with Gasteiger partial charge >= 0.3 is 5.97 Å². The van der Waals surface area contributed by atoms with Crippen molar-refractivity contribution in [2.45, 2.75) is 6.92 Å². The van der Waals surface area contributed by atoms with Crippen LogP contribution in [-0.2, 0) is 9.53 Å². The Labute approximate surface area is 126 Å². The molecule has 0 aliphatic rings. The van der Waals surface area contributed by atoms with E-state index in [1.165, 1.54) is 18.2 Å². The number of esters is 1. The third-order valence-electron chi connectivity index (χ3n) is 2.60. The fourth-order valence-electron chi connectivity index (χ4n) is 1.49. The second-order valence-corrected chi connectivity index (χ2v) is 4.43. The monoisotopic (exact) mass is 280 g/mol. The molecule has 0 unspecified atom stereocenters. The Hall–Kier alpha value is -2.61. The standard InChI is InChI=1S/C14H12.C5H8O2/c1-3-7-13(8-4-1)11-12-14-9-5-2-6-10-14;1-4(2)5(6)7-3/h1-12H;1H2,2-3H3. The molecule has 0 saturated heterocycles. The minimum atomic E-state index is -0.347. The van der Waals surface area contributed by atoms with Gasteiger partial charge in [-0.25, -0.2) is 4.79 Å².